The maximum absolute atomic E-state index is 14.0. The van der Waals surface area contributed by atoms with Gasteiger partial charge in [0, 0.05) is 39.1 Å². The van der Waals surface area contributed by atoms with E-state index in [-0.39, 0.29) is 37.9 Å². The van der Waals surface area contributed by atoms with Gasteiger partial charge in [-0.1, -0.05) is 74.0 Å². The minimum Gasteiger partial charge on any atom is -0.458 e. The van der Waals surface area contributed by atoms with Crippen LogP contribution in [0.4, 0.5) is 0 Å². The molecule has 65 heavy (non-hydrogen) atoms. The van der Waals surface area contributed by atoms with Gasteiger partial charge in [-0.3, -0.25) is 0 Å². The molecule has 0 amide bonds. The number of benzene rings is 2. The number of esters is 2. The minimum atomic E-state index is -1.97. The van der Waals surface area contributed by atoms with Crippen LogP contribution in [0.3, 0.4) is 0 Å². The number of methoxy groups -OCH3 is 2. The van der Waals surface area contributed by atoms with E-state index >= 15 is 0 Å². The molecule has 0 bridgehead atoms. The van der Waals surface area contributed by atoms with Gasteiger partial charge in [0.05, 0.1) is 41.5 Å². The molecule has 2 saturated heterocycles. The zero-order chi connectivity index (χ0) is 46.5. The van der Waals surface area contributed by atoms with Crippen LogP contribution in [0.2, 0.25) is 0 Å². The molecule has 4 N–H and O–H groups in total. The van der Waals surface area contributed by atoms with Crippen molar-refractivity contribution in [3.63, 3.8) is 0 Å². The molecule has 8 rings (SSSR count). The van der Waals surface area contributed by atoms with E-state index in [2.05, 4.69) is 6.92 Å². The Bertz CT molecular complexity index is 2060. The molecule has 0 aromatic heterocycles. The smallest absolute Gasteiger partial charge is 0.338 e. The summed E-state index contributed by atoms with van der Waals surface area (Å²) in [4.78, 5) is 27.2. The molecule has 6 aliphatic rings. The van der Waals surface area contributed by atoms with E-state index in [4.69, 9.17) is 37.9 Å². The molecule has 3 saturated carbocycles. The van der Waals surface area contributed by atoms with Crippen molar-refractivity contribution in [2.45, 2.75) is 177 Å². The van der Waals surface area contributed by atoms with Gasteiger partial charge in [-0.15, -0.1) is 0 Å². The van der Waals surface area contributed by atoms with Crippen molar-refractivity contribution in [2.24, 2.45) is 16.7 Å². The van der Waals surface area contributed by atoms with Gasteiger partial charge in [0.25, 0.3) is 0 Å². The molecule has 2 aliphatic heterocycles. The van der Waals surface area contributed by atoms with Crippen LogP contribution in [0.5, 0.6) is 0 Å². The van der Waals surface area contributed by atoms with Crippen molar-refractivity contribution >= 4 is 18.0 Å². The van der Waals surface area contributed by atoms with E-state index in [1.807, 2.05) is 43.3 Å². The molecule has 2 aromatic rings. The van der Waals surface area contributed by atoms with E-state index in [0.29, 0.717) is 37.7 Å². The summed E-state index contributed by atoms with van der Waals surface area (Å²) >= 11 is 0. The molecule has 356 valence electrons. The molecule has 14 heteroatoms. The van der Waals surface area contributed by atoms with Crippen LogP contribution in [0, 0.1) is 16.7 Å². The molecule has 2 aromatic carbocycles. The van der Waals surface area contributed by atoms with Gasteiger partial charge in [-0.25, -0.2) is 9.59 Å². The summed E-state index contributed by atoms with van der Waals surface area (Å²) in [6.07, 6.45) is 1.17. The number of fused-ring (bicyclic) bond motifs is 5. The van der Waals surface area contributed by atoms with Gasteiger partial charge < -0.3 is 58.3 Å². The molecule has 14 nitrogen and oxygen atoms in total. The maximum atomic E-state index is 14.0. The highest BCUT2D eigenvalue weighted by Crippen LogP contribution is 2.71. The Hall–Kier alpha value is -3.54. The Balaban J connectivity index is 1.01. The number of aliphatic hydroxyl groups is 4. The van der Waals surface area contributed by atoms with E-state index in [9.17, 15) is 30.0 Å². The largest absolute Gasteiger partial charge is 0.458 e. The van der Waals surface area contributed by atoms with Crippen molar-refractivity contribution in [3.8, 4) is 0 Å². The van der Waals surface area contributed by atoms with E-state index in [1.165, 1.54) is 6.08 Å². The Morgan fingerprint density at radius 2 is 1.48 bits per heavy atom. The Kier molecular flexibility index (Phi) is 13.7. The van der Waals surface area contributed by atoms with Crippen molar-refractivity contribution in [1.82, 2.24) is 0 Å². The first kappa shape index (κ1) is 47.9. The lowest BCUT2D eigenvalue weighted by atomic mass is 9.42. The fourth-order valence-corrected chi connectivity index (χ4v) is 12.6. The first-order valence-electron chi connectivity index (χ1n) is 23.3. The molecule has 4 aliphatic carbocycles. The van der Waals surface area contributed by atoms with Crippen LogP contribution in [0.25, 0.3) is 6.08 Å². The second-order valence-electron chi connectivity index (χ2n) is 19.8. The van der Waals surface area contributed by atoms with Crippen molar-refractivity contribution in [3.05, 3.63) is 89.5 Å². The average molecular weight is 905 g/mol. The number of hydrogen-bond acceptors (Lipinski definition) is 14. The van der Waals surface area contributed by atoms with Crippen LogP contribution in [0.15, 0.2) is 78.4 Å². The average Bonchev–Trinajstić information content (AvgIpc) is 3.53. The van der Waals surface area contributed by atoms with Crippen molar-refractivity contribution in [2.75, 3.05) is 14.2 Å². The summed E-state index contributed by atoms with van der Waals surface area (Å²) in [7, 11) is 3.20. The molecule has 2 heterocycles. The molecule has 0 spiro atoms. The lowest BCUT2D eigenvalue weighted by Crippen LogP contribution is -2.78. The fraction of sp³-hybridized carbons (Fsp3) is 0.647. The Morgan fingerprint density at radius 1 is 0.831 bits per heavy atom. The quantitative estimate of drug-likeness (QED) is 0.113. The fourth-order valence-electron chi connectivity index (χ4n) is 12.6. The molecular formula is C51H68O14. The third-order valence-corrected chi connectivity index (χ3v) is 16.6. The van der Waals surface area contributed by atoms with Gasteiger partial charge in [-0.2, -0.15) is 0 Å². The molecule has 17 atom stereocenters. The van der Waals surface area contributed by atoms with Crippen LogP contribution in [-0.2, 0) is 42.7 Å². The van der Waals surface area contributed by atoms with Crippen molar-refractivity contribution < 1.29 is 67.9 Å². The van der Waals surface area contributed by atoms with E-state index in [1.54, 1.807) is 71.4 Å². The Labute approximate surface area is 382 Å². The first-order valence-corrected chi connectivity index (χ1v) is 23.3. The number of ether oxygens (including phenoxy) is 8. The van der Waals surface area contributed by atoms with Crippen LogP contribution in [-0.4, -0.2) is 131 Å². The van der Waals surface area contributed by atoms with Gasteiger partial charge in [0.15, 0.2) is 12.6 Å². The zero-order valence-electron chi connectivity index (χ0n) is 38.7. The zero-order valence-corrected chi connectivity index (χ0v) is 38.7. The number of carbonyl (C=O) groups excluding carboxylic acids is 2. The molecular weight excluding hydrogens is 837 g/mol. The van der Waals surface area contributed by atoms with Crippen LogP contribution in [0.1, 0.15) is 108 Å². The Morgan fingerprint density at radius 3 is 2.17 bits per heavy atom. The summed E-state index contributed by atoms with van der Waals surface area (Å²) in [6, 6.07) is 17.9. The predicted octanol–water partition coefficient (Wildman–Crippen LogP) is 5.82. The molecule has 2 unspecified atom stereocenters. The first-order chi connectivity index (χ1) is 30.9. The maximum Gasteiger partial charge on any atom is 0.338 e. The van der Waals surface area contributed by atoms with Gasteiger partial charge >= 0.3 is 11.9 Å². The standard InChI is InChI=1S/C51H68O14/c1-30-44(53)37(58-6)27-43(60-30)65-45-31(2)61-42(28-38(45)59-7)63-36-21-22-47(4)35(26-36)20-23-50(56)39(47)29-40(64-46(54)34-16-12-9-13-17-34)48(5)49(55,24-25-51(48,50)57)32(3)62-41(52)19-18-33-14-10-8-11-15-33/h8-20,30-32,36-40,42-45,53,55-57H,21-29H2,1-7H3/b19-18+/t30-,31-,32?,36+,37-,38+,39-,40?,42+,43+,44-,45-,47+,48-,49-,50+,51-/m1/s1. The SMILES string of the molecule is CO[C@H]1C[C@H](O[C@H]2CC[C@@]3(C)C(=CC[C@]4(O)[C@@H]3CC(OC(=O)c3ccccc3)[C@@]3(C)[C@]4(O)CC[C@@]3(O)C(C)OC(=O)/C=C/c3ccccc3)C2)O[C@H](C)[C@H]1O[C@H]1C[C@@H](OC)[C@H](O)[C@@H](C)O1. The normalized spacial score (nSPS) is 43.1. The lowest BCUT2D eigenvalue weighted by Gasteiger charge is -2.67. The second-order valence-corrected chi connectivity index (χ2v) is 19.8. The van der Waals surface area contributed by atoms with Gasteiger partial charge in [0.1, 0.15) is 41.2 Å². The highest BCUT2D eigenvalue weighted by molar-refractivity contribution is 5.89. The summed E-state index contributed by atoms with van der Waals surface area (Å²) in [5.74, 6) is -1.88. The predicted molar refractivity (Wildman–Crippen MR) is 237 cm³/mol. The monoisotopic (exact) mass is 904 g/mol. The third-order valence-electron chi connectivity index (χ3n) is 16.6. The van der Waals surface area contributed by atoms with Gasteiger partial charge in [0.2, 0.25) is 0 Å². The number of rotatable bonds is 12. The summed E-state index contributed by atoms with van der Waals surface area (Å²) < 4.78 is 49.3. The third kappa shape index (κ3) is 8.33. The highest BCUT2D eigenvalue weighted by Gasteiger charge is 2.81. The van der Waals surface area contributed by atoms with E-state index < -0.39 is 101 Å². The highest BCUT2D eigenvalue weighted by atomic mass is 16.7. The number of carbonyl (C=O) groups is 2. The van der Waals surface area contributed by atoms with Crippen LogP contribution >= 0.6 is 0 Å². The number of hydrogen-bond donors (Lipinski definition) is 4. The second kappa shape index (κ2) is 18.5. The van der Waals surface area contributed by atoms with Gasteiger partial charge in [-0.05, 0) is 94.9 Å². The van der Waals surface area contributed by atoms with Crippen LogP contribution < -0.4 is 0 Å². The topological polar surface area (TPSA) is 189 Å². The van der Waals surface area contributed by atoms with E-state index in [0.717, 1.165) is 11.1 Å². The summed E-state index contributed by atoms with van der Waals surface area (Å²) in [5.41, 5.74) is -5.75. The minimum absolute atomic E-state index is 0.0216. The molecule has 0 radical (unpaired) electrons. The molecule has 5 fully saturated rings. The van der Waals surface area contributed by atoms with Crippen molar-refractivity contribution in [1.29, 1.82) is 0 Å². The number of aliphatic hydroxyl groups excluding tert-OH is 1. The summed E-state index contributed by atoms with van der Waals surface area (Å²) in [6.45, 7) is 9.08. The summed E-state index contributed by atoms with van der Waals surface area (Å²) in [5, 5.41) is 49.9. The lowest BCUT2D eigenvalue weighted by molar-refractivity contribution is -0.327.